The van der Waals surface area contributed by atoms with Gasteiger partial charge in [-0.1, -0.05) is 0 Å². The molecule has 1 aliphatic heterocycles. The van der Waals surface area contributed by atoms with Crippen molar-refractivity contribution in [1.82, 2.24) is 9.97 Å². The molecule has 3 N–H and O–H groups in total. The van der Waals surface area contributed by atoms with E-state index in [1.165, 1.54) is 6.33 Å². The van der Waals surface area contributed by atoms with Crippen molar-refractivity contribution >= 4 is 11.6 Å². The Kier molecular flexibility index (Phi) is 3.44. The fraction of sp³-hybridized carbons (Fsp3) is 0.636. The minimum absolute atomic E-state index is 0.0167. The van der Waals surface area contributed by atoms with Crippen molar-refractivity contribution in [3.63, 3.8) is 0 Å². The summed E-state index contributed by atoms with van der Waals surface area (Å²) in [4.78, 5) is 10.3. The molecule has 2 atom stereocenters. The quantitative estimate of drug-likeness (QED) is 0.751. The highest BCUT2D eigenvalue weighted by Gasteiger charge is 2.27. The van der Waals surface area contributed by atoms with Crippen LogP contribution in [0.3, 0.4) is 0 Å². The highest BCUT2D eigenvalue weighted by Crippen LogP contribution is 2.24. The molecular formula is C11H18N4O2. The first-order chi connectivity index (χ1) is 8.13. The largest absolute Gasteiger partial charge is 0.394 e. The monoisotopic (exact) mass is 238 g/mol. The van der Waals surface area contributed by atoms with Gasteiger partial charge in [-0.25, -0.2) is 9.97 Å². The molecule has 2 rings (SSSR count). The number of morpholine rings is 1. The van der Waals surface area contributed by atoms with Gasteiger partial charge in [0.15, 0.2) is 0 Å². The number of aliphatic hydroxyl groups is 1. The van der Waals surface area contributed by atoms with Gasteiger partial charge in [0.25, 0.3) is 0 Å². The molecule has 0 spiro atoms. The maximum atomic E-state index is 9.16. The third-order valence-electron chi connectivity index (χ3n) is 3.08. The SMILES string of the molecule is Cc1c(N)ncnc1N1CC(CO)OCC1C. The Bertz CT molecular complexity index is 399. The number of aliphatic hydroxyl groups excluding tert-OH is 1. The number of nitrogens with two attached hydrogens (primary N) is 1. The van der Waals surface area contributed by atoms with Crippen LogP contribution < -0.4 is 10.6 Å². The summed E-state index contributed by atoms with van der Waals surface area (Å²) in [6.07, 6.45) is 1.30. The summed E-state index contributed by atoms with van der Waals surface area (Å²) in [5, 5.41) is 9.16. The molecule has 6 nitrogen and oxygen atoms in total. The average Bonchev–Trinajstić information content (AvgIpc) is 2.34. The number of ether oxygens (including phenoxy) is 1. The molecule has 6 heteroatoms. The van der Waals surface area contributed by atoms with Crippen LogP contribution in [-0.4, -0.2) is 47.0 Å². The second-order valence-corrected chi connectivity index (χ2v) is 4.35. The topological polar surface area (TPSA) is 84.5 Å². The van der Waals surface area contributed by atoms with Crippen LogP contribution in [0, 0.1) is 6.92 Å². The number of hydrogen-bond donors (Lipinski definition) is 2. The normalized spacial score (nSPS) is 25.0. The first-order valence-corrected chi connectivity index (χ1v) is 5.69. The minimum Gasteiger partial charge on any atom is -0.394 e. The zero-order chi connectivity index (χ0) is 12.4. The molecule has 0 aliphatic carbocycles. The predicted molar refractivity (Wildman–Crippen MR) is 64.8 cm³/mol. The van der Waals surface area contributed by atoms with E-state index in [1.54, 1.807) is 0 Å². The van der Waals surface area contributed by atoms with Crippen molar-refractivity contribution in [3.8, 4) is 0 Å². The van der Waals surface area contributed by atoms with Crippen molar-refractivity contribution in [1.29, 1.82) is 0 Å². The van der Waals surface area contributed by atoms with Gasteiger partial charge in [0.2, 0.25) is 0 Å². The molecule has 1 fully saturated rings. The van der Waals surface area contributed by atoms with E-state index < -0.39 is 0 Å². The molecule has 0 bridgehead atoms. The number of rotatable bonds is 2. The molecular weight excluding hydrogens is 220 g/mol. The van der Waals surface area contributed by atoms with Gasteiger partial charge in [0.05, 0.1) is 25.4 Å². The fourth-order valence-corrected chi connectivity index (χ4v) is 1.97. The molecule has 1 saturated heterocycles. The Balaban J connectivity index is 2.27. The number of nitrogens with zero attached hydrogens (tertiary/aromatic N) is 3. The average molecular weight is 238 g/mol. The predicted octanol–water partition coefficient (Wildman–Crippen LogP) is -0.0468. The van der Waals surface area contributed by atoms with E-state index in [-0.39, 0.29) is 18.8 Å². The summed E-state index contributed by atoms with van der Waals surface area (Å²) >= 11 is 0. The van der Waals surface area contributed by atoms with E-state index in [0.29, 0.717) is 19.0 Å². The Morgan fingerprint density at radius 3 is 3.06 bits per heavy atom. The molecule has 0 saturated carbocycles. The van der Waals surface area contributed by atoms with Crippen molar-refractivity contribution in [3.05, 3.63) is 11.9 Å². The van der Waals surface area contributed by atoms with E-state index in [0.717, 1.165) is 11.4 Å². The first-order valence-electron chi connectivity index (χ1n) is 5.69. The van der Waals surface area contributed by atoms with E-state index in [1.807, 2.05) is 6.92 Å². The highest BCUT2D eigenvalue weighted by atomic mass is 16.5. The molecule has 1 aromatic heterocycles. The van der Waals surface area contributed by atoms with Crippen LogP contribution in [0.25, 0.3) is 0 Å². The van der Waals surface area contributed by atoms with Gasteiger partial charge in [-0.05, 0) is 13.8 Å². The van der Waals surface area contributed by atoms with Crippen LogP contribution in [0.15, 0.2) is 6.33 Å². The van der Waals surface area contributed by atoms with Crippen molar-refractivity contribution in [2.24, 2.45) is 0 Å². The van der Waals surface area contributed by atoms with Gasteiger partial charge in [0.1, 0.15) is 18.0 Å². The Hall–Kier alpha value is -1.40. The van der Waals surface area contributed by atoms with E-state index >= 15 is 0 Å². The molecule has 0 amide bonds. The molecule has 0 radical (unpaired) electrons. The summed E-state index contributed by atoms with van der Waals surface area (Å²) in [6.45, 7) is 5.18. The molecule has 17 heavy (non-hydrogen) atoms. The fourth-order valence-electron chi connectivity index (χ4n) is 1.97. The Labute approximate surface area is 100 Å². The summed E-state index contributed by atoms with van der Waals surface area (Å²) in [5.74, 6) is 1.32. The Morgan fingerprint density at radius 2 is 2.35 bits per heavy atom. The van der Waals surface area contributed by atoms with Crippen LogP contribution in [0.4, 0.5) is 11.6 Å². The molecule has 1 aromatic rings. The molecule has 2 heterocycles. The summed E-state index contributed by atoms with van der Waals surface area (Å²) in [7, 11) is 0. The second kappa shape index (κ2) is 4.85. The summed E-state index contributed by atoms with van der Waals surface area (Å²) in [5.41, 5.74) is 6.65. The maximum absolute atomic E-state index is 9.16. The smallest absolute Gasteiger partial charge is 0.137 e. The number of aromatic nitrogens is 2. The lowest BCUT2D eigenvalue weighted by Gasteiger charge is -2.38. The van der Waals surface area contributed by atoms with Crippen molar-refractivity contribution in [2.45, 2.75) is 26.0 Å². The van der Waals surface area contributed by atoms with E-state index in [9.17, 15) is 0 Å². The van der Waals surface area contributed by atoms with Gasteiger partial charge in [-0.2, -0.15) is 0 Å². The van der Waals surface area contributed by atoms with E-state index in [2.05, 4.69) is 21.8 Å². The number of nitrogen functional groups attached to an aromatic ring is 1. The van der Waals surface area contributed by atoms with Gasteiger partial charge < -0.3 is 20.5 Å². The lowest BCUT2D eigenvalue weighted by Crippen LogP contribution is -2.50. The number of anilines is 2. The molecule has 0 aromatic carbocycles. The van der Waals surface area contributed by atoms with Crippen molar-refractivity contribution in [2.75, 3.05) is 30.4 Å². The van der Waals surface area contributed by atoms with Gasteiger partial charge in [0, 0.05) is 12.1 Å². The molecule has 1 aliphatic rings. The first kappa shape index (κ1) is 12.1. The third-order valence-corrected chi connectivity index (χ3v) is 3.08. The van der Waals surface area contributed by atoms with Crippen LogP contribution in [0.5, 0.6) is 0 Å². The van der Waals surface area contributed by atoms with Gasteiger partial charge in [-0.3, -0.25) is 0 Å². The van der Waals surface area contributed by atoms with Crippen LogP contribution in [0.2, 0.25) is 0 Å². The number of hydrogen-bond acceptors (Lipinski definition) is 6. The highest BCUT2D eigenvalue weighted by molar-refractivity contribution is 5.56. The van der Waals surface area contributed by atoms with Gasteiger partial charge in [-0.15, -0.1) is 0 Å². The van der Waals surface area contributed by atoms with Crippen LogP contribution >= 0.6 is 0 Å². The van der Waals surface area contributed by atoms with E-state index in [4.69, 9.17) is 15.6 Å². The molecule has 94 valence electrons. The second-order valence-electron chi connectivity index (χ2n) is 4.35. The summed E-state index contributed by atoms with van der Waals surface area (Å²) < 4.78 is 5.49. The zero-order valence-electron chi connectivity index (χ0n) is 10.1. The summed E-state index contributed by atoms with van der Waals surface area (Å²) in [6, 6.07) is 0.214. The van der Waals surface area contributed by atoms with Crippen molar-refractivity contribution < 1.29 is 9.84 Å². The maximum Gasteiger partial charge on any atom is 0.137 e. The standard InChI is InChI=1S/C11H18N4O2/c1-7-5-17-9(4-16)3-15(7)11-8(2)10(12)13-6-14-11/h6-7,9,16H,3-5H2,1-2H3,(H2,12,13,14). The lowest BCUT2D eigenvalue weighted by molar-refractivity contribution is -0.0106. The lowest BCUT2D eigenvalue weighted by atomic mass is 10.1. The van der Waals surface area contributed by atoms with Crippen LogP contribution in [0.1, 0.15) is 12.5 Å². The third kappa shape index (κ3) is 2.32. The van der Waals surface area contributed by atoms with Gasteiger partial charge >= 0.3 is 0 Å². The minimum atomic E-state index is -0.165. The van der Waals surface area contributed by atoms with Crippen LogP contribution in [-0.2, 0) is 4.74 Å². The molecule has 2 unspecified atom stereocenters. The zero-order valence-corrected chi connectivity index (χ0v) is 10.1. The Morgan fingerprint density at radius 1 is 1.59 bits per heavy atom.